The van der Waals surface area contributed by atoms with Crippen LogP contribution in [0.3, 0.4) is 0 Å². The van der Waals surface area contributed by atoms with Gasteiger partial charge in [0.25, 0.3) is 0 Å². The lowest BCUT2D eigenvalue weighted by molar-refractivity contribution is 0.988. The minimum Gasteiger partial charge on any atom is -0.325 e. The zero-order valence-electron chi connectivity index (χ0n) is 7.27. The summed E-state index contributed by atoms with van der Waals surface area (Å²) >= 11 is 5.85. The van der Waals surface area contributed by atoms with Gasteiger partial charge in [-0.05, 0) is 12.1 Å². The Morgan fingerprint density at radius 2 is 1.71 bits per heavy atom. The Labute approximate surface area is 92.7 Å². The molecule has 5 heteroatoms. The predicted molar refractivity (Wildman–Crippen MR) is 59.7 cm³/mol. The van der Waals surface area contributed by atoms with Gasteiger partial charge in [-0.3, -0.25) is 0 Å². The molecule has 0 atom stereocenters. The number of hydrogen-bond acceptors (Lipinski definition) is 3. The van der Waals surface area contributed by atoms with Crippen LogP contribution in [-0.4, -0.2) is 9.97 Å². The summed E-state index contributed by atoms with van der Waals surface area (Å²) in [5.41, 5.74) is 7.72. The topological polar surface area (TPSA) is 51.8 Å². The zero-order chi connectivity index (χ0) is 9.26. The van der Waals surface area contributed by atoms with Crippen LogP contribution in [0.15, 0.2) is 24.3 Å². The molecule has 0 aliphatic rings. The summed E-state index contributed by atoms with van der Waals surface area (Å²) in [6.45, 7) is 0.316. The SMILES string of the molecule is Cl.NCc1nc2ccccc2nc1Cl. The molecule has 1 aromatic carbocycles. The van der Waals surface area contributed by atoms with E-state index < -0.39 is 0 Å². The first-order valence-electron chi connectivity index (χ1n) is 3.92. The van der Waals surface area contributed by atoms with Crippen LogP contribution in [0.1, 0.15) is 5.69 Å². The van der Waals surface area contributed by atoms with Crippen molar-refractivity contribution in [1.82, 2.24) is 9.97 Å². The fourth-order valence-electron chi connectivity index (χ4n) is 1.14. The van der Waals surface area contributed by atoms with Gasteiger partial charge in [0.2, 0.25) is 0 Å². The predicted octanol–water partition coefficient (Wildman–Crippen LogP) is 2.16. The standard InChI is InChI=1S/C9H8ClN3.ClH/c10-9-8(5-11)12-6-3-1-2-4-7(6)13-9;/h1-4H,5,11H2;1H. The second-order valence-corrected chi connectivity index (χ2v) is 3.01. The van der Waals surface area contributed by atoms with Gasteiger partial charge in [0.15, 0.2) is 5.15 Å². The van der Waals surface area contributed by atoms with Gasteiger partial charge in [-0.25, -0.2) is 9.97 Å². The summed E-state index contributed by atoms with van der Waals surface area (Å²) in [4.78, 5) is 8.44. The molecule has 0 aliphatic carbocycles. The van der Waals surface area contributed by atoms with Crippen LogP contribution in [0.25, 0.3) is 11.0 Å². The lowest BCUT2D eigenvalue weighted by atomic mass is 10.3. The van der Waals surface area contributed by atoms with Crippen molar-refractivity contribution in [1.29, 1.82) is 0 Å². The van der Waals surface area contributed by atoms with Crippen molar-refractivity contribution in [2.24, 2.45) is 5.73 Å². The fourth-order valence-corrected chi connectivity index (χ4v) is 1.36. The Morgan fingerprint density at radius 3 is 2.29 bits per heavy atom. The molecular formula is C9H9Cl2N3. The third-order valence-electron chi connectivity index (χ3n) is 1.79. The van der Waals surface area contributed by atoms with E-state index in [1.54, 1.807) is 0 Å². The van der Waals surface area contributed by atoms with Crippen LogP contribution < -0.4 is 5.73 Å². The van der Waals surface area contributed by atoms with E-state index in [2.05, 4.69) is 9.97 Å². The second kappa shape index (κ2) is 4.55. The van der Waals surface area contributed by atoms with Gasteiger partial charge >= 0.3 is 0 Å². The number of halogens is 2. The number of hydrogen-bond donors (Lipinski definition) is 1. The fraction of sp³-hybridized carbons (Fsp3) is 0.111. The average Bonchev–Trinajstić information content (AvgIpc) is 2.17. The molecule has 74 valence electrons. The molecule has 1 heterocycles. The molecule has 2 rings (SSSR count). The number of nitrogens with two attached hydrogens (primary N) is 1. The van der Waals surface area contributed by atoms with E-state index in [1.807, 2.05) is 24.3 Å². The first-order valence-corrected chi connectivity index (χ1v) is 4.30. The first-order chi connectivity index (χ1) is 6.31. The Morgan fingerprint density at radius 1 is 1.14 bits per heavy atom. The molecular weight excluding hydrogens is 221 g/mol. The largest absolute Gasteiger partial charge is 0.325 e. The minimum atomic E-state index is 0. The Balaban J connectivity index is 0.000000980. The maximum absolute atomic E-state index is 5.85. The van der Waals surface area contributed by atoms with Gasteiger partial charge in [0.05, 0.1) is 16.7 Å². The molecule has 3 nitrogen and oxygen atoms in total. The molecule has 1 aromatic heterocycles. The van der Waals surface area contributed by atoms with Gasteiger partial charge < -0.3 is 5.73 Å². The van der Waals surface area contributed by atoms with Gasteiger partial charge in [0, 0.05) is 6.54 Å². The summed E-state index contributed by atoms with van der Waals surface area (Å²) in [6, 6.07) is 7.56. The molecule has 0 amide bonds. The van der Waals surface area contributed by atoms with Crippen LogP contribution in [-0.2, 0) is 6.54 Å². The third-order valence-corrected chi connectivity index (χ3v) is 2.09. The zero-order valence-corrected chi connectivity index (χ0v) is 8.85. The molecule has 2 N–H and O–H groups in total. The molecule has 14 heavy (non-hydrogen) atoms. The molecule has 0 spiro atoms. The molecule has 0 unspecified atom stereocenters. The first kappa shape index (κ1) is 11.2. The van der Waals surface area contributed by atoms with Crippen molar-refractivity contribution >= 4 is 35.0 Å². The number of rotatable bonds is 1. The Kier molecular flexibility index (Phi) is 3.63. The van der Waals surface area contributed by atoms with Crippen molar-refractivity contribution in [3.63, 3.8) is 0 Å². The molecule has 0 radical (unpaired) electrons. The highest BCUT2D eigenvalue weighted by atomic mass is 35.5. The van der Waals surface area contributed by atoms with Gasteiger partial charge in [0.1, 0.15) is 0 Å². The van der Waals surface area contributed by atoms with E-state index in [-0.39, 0.29) is 12.4 Å². The number of para-hydroxylation sites is 2. The van der Waals surface area contributed by atoms with Crippen molar-refractivity contribution in [2.45, 2.75) is 6.54 Å². The number of nitrogens with zero attached hydrogens (tertiary/aromatic N) is 2. The van der Waals surface area contributed by atoms with Crippen LogP contribution >= 0.6 is 24.0 Å². The molecule has 0 fully saturated rings. The normalized spacial score (nSPS) is 9.86. The Hall–Kier alpha value is -0.900. The van der Waals surface area contributed by atoms with E-state index in [0.29, 0.717) is 17.4 Å². The van der Waals surface area contributed by atoms with Gasteiger partial charge in [-0.1, -0.05) is 23.7 Å². The number of fused-ring (bicyclic) bond motifs is 1. The summed E-state index contributed by atoms with van der Waals surface area (Å²) in [5.74, 6) is 0. The van der Waals surface area contributed by atoms with Crippen molar-refractivity contribution in [3.8, 4) is 0 Å². The second-order valence-electron chi connectivity index (χ2n) is 2.65. The molecule has 2 aromatic rings. The van der Waals surface area contributed by atoms with Crippen molar-refractivity contribution < 1.29 is 0 Å². The highest BCUT2D eigenvalue weighted by Crippen LogP contribution is 2.15. The maximum Gasteiger partial charge on any atom is 0.152 e. The molecule has 0 aliphatic heterocycles. The van der Waals surface area contributed by atoms with E-state index in [9.17, 15) is 0 Å². The third kappa shape index (κ3) is 1.95. The number of aromatic nitrogens is 2. The lowest BCUT2D eigenvalue weighted by Gasteiger charge is -2.01. The van der Waals surface area contributed by atoms with E-state index in [0.717, 1.165) is 11.0 Å². The van der Waals surface area contributed by atoms with E-state index >= 15 is 0 Å². The van der Waals surface area contributed by atoms with E-state index in [4.69, 9.17) is 17.3 Å². The van der Waals surface area contributed by atoms with E-state index in [1.165, 1.54) is 0 Å². The quantitative estimate of drug-likeness (QED) is 0.816. The average molecular weight is 230 g/mol. The molecule has 0 saturated carbocycles. The van der Waals surface area contributed by atoms with Crippen LogP contribution in [0.4, 0.5) is 0 Å². The van der Waals surface area contributed by atoms with Crippen molar-refractivity contribution in [2.75, 3.05) is 0 Å². The molecule has 0 bridgehead atoms. The number of benzene rings is 1. The molecule has 0 saturated heterocycles. The summed E-state index contributed by atoms with van der Waals surface area (Å²) < 4.78 is 0. The van der Waals surface area contributed by atoms with Gasteiger partial charge in [-0.15, -0.1) is 12.4 Å². The lowest BCUT2D eigenvalue weighted by Crippen LogP contribution is -2.02. The maximum atomic E-state index is 5.85. The minimum absolute atomic E-state index is 0. The smallest absolute Gasteiger partial charge is 0.152 e. The highest BCUT2D eigenvalue weighted by Gasteiger charge is 2.03. The van der Waals surface area contributed by atoms with Crippen LogP contribution in [0.2, 0.25) is 5.15 Å². The summed E-state index contributed by atoms with van der Waals surface area (Å²) in [7, 11) is 0. The highest BCUT2D eigenvalue weighted by molar-refractivity contribution is 6.30. The Bertz CT molecular complexity index is 445. The van der Waals surface area contributed by atoms with Crippen molar-refractivity contribution in [3.05, 3.63) is 35.1 Å². The van der Waals surface area contributed by atoms with Crippen LogP contribution in [0, 0.1) is 0 Å². The van der Waals surface area contributed by atoms with Crippen LogP contribution in [0.5, 0.6) is 0 Å². The summed E-state index contributed by atoms with van der Waals surface area (Å²) in [6.07, 6.45) is 0. The monoisotopic (exact) mass is 229 g/mol. The summed E-state index contributed by atoms with van der Waals surface area (Å²) in [5, 5.41) is 0.390. The van der Waals surface area contributed by atoms with Gasteiger partial charge in [-0.2, -0.15) is 0 Å².